The normalized spacial score (nSPS) is 14.9. The summed E-state index contributed by atoms with van der Waals surface area (Å²) < 4.78 is 17.9. The summed E-state index contributed by atoms with van der Waals surface area (Å²) in [7, 11) is 3.61. The molecule has 0 amide bonds. The van der Waals surface area contributed by atoms with E-state index in [1.165, 1.54) is 31.6 Å². The van der Waals surface area contributed by atoms with Crippen LogP contribution in [0.15, 0.2) is 60.9 Å². The van der Waals surface area contributed by atoms with E-state index in [0.717, 1.165) is 47.6 Å². The summed E-state index contributed by atoms with van der Waals surface area (Å²) >= 11 is 14.2. The van der Waals surface area contributed by atoms with Crippen LogP contribution in [0.1, 0.15) is 68.5 Å². The van der Waals surface area contributed by atoms with Crippen molar-refractivity contribution >= 4 is 46.5 Å². The summed E-state index contributed by atoms with van der Waals surface area (Å²) in [5.74, 6) is -0.896. The van der Waals surface area contributed by atoms with E-state index in [1.807, 2.05) is 19.1 Å². The third kappa shape index (κ3) is 9.63. The van der Waals surface area contributed by atoms with E-state index >= 15 is 0 Å². The maximum Gasteiger partial charge on any atom is 0.346 e. The lowest BCUT2D eigenvalue weighted by Crippen LogP contribution is -2.34. The number of carbonyl (C=O) groups is 2. The number of carboxylic acids is 1. The minimum Gasteiger partial charge on any atom is -0.508 e. The number of piperidine rings is 1. The number of halogens is 2. The summed E-state index contributed by atoms with van der Waals surface area (Å²) in [6, 6.07) is 12.7. The van der Waals surface area contributed by atoms with Crippen LogP contribution < -0.4 is 19.5 Å². The molecule has 1 fully saturated rings. The van der Waals surface area contributed by atoms with Crippen LogP contribution in [0.5, 0.6) is 17.2 Å². The Balaban J connectivity index is 1.48. The summed E-state index contributed by atoms with van der Waals surface area (Å²) in [5, 5.41) is 34.3. The van der Waals surface area contributed by atoms with Crippen LogP contribution in [0, 0.1) is 5.92 Å². The zero-order chi connectivity index (χ0) is 36.7. The predicted octanol–water partition coefficient (Wildman–Crippen LogP) is 6.48. The number of aromatic carboxylic acids is 1. The number of carboxylic acid groups (broad SMARTS) is 1. The van der Waals surface area contributed by atoms with Crippen LogP contribution in [0.2, 0.25) is 10.0 Å². The molecule has 2 atom stereocenters. The molecule has 0 bridgehead atoms. The molecule has 1 aliphatic heterocycles. The monoisotopic (exact) mass is 758 g/mol. The van der Waals surface area contributed by atoms with Gasteiger partial charge in [0.15, 0.2) is 11.5 Å². The Hall–Kier alpha value is -4.07. The summed E-state index contributed by atoms with van der Waals surface area (Å²) in [6.45, 7) is 4.55. The fourth-order valence-electron chi connectivity index (χ4n) is 6.25. The fraction of sp³-hybridized carbons (Fsp3) is 0.378. The number of benzene rings is 2. The number of likely N-dealkylation sites (tertiary alicyclic amines) is 1. The number of carbonyl (C=O) groups excluding carboxylic acids is 1. The number of aromatic nitrogens is 1. The third-order valence-electron chi connectivity index (χ3n) is 8.97. The topological polar surface area (TPSA) is 142 Å². The first kappa shape index (κ1) is 38.2. The molecular weight excluding hydrogens is 717 g/mol. The number of ether oxygens (including phenoxy) is 3. The van der Waals surface area contributed by atoms with Crippen molar-refractivity contribution in [1.29, 1.82) is 0 Å². The van der Waals surface area contributed by atoms with Gasteiger partial charge in [0.25, 0.3) is 0 Å². The number of phenolic OH excluding ortho intramolecular Hbond substituents is 1. The van der Waals surface area contributed by atoms with Crippen molar-refractivity contribution < 1.29 is 44.0 Å². The van der Waals surface area contributed by atoms with Gasteiger partial charge in [-0.2, -0.15) is 0 Å². The summed E-state index contributed by atoms with van der Waals surface area (Å²) in [4.78, 5) is 29.3. The van der Waals surface area contributed by atoms with E-state index in [4.69, 9.17) is 37.4 Å². The van der Waals surface area contributed by atoms with Gasteiger partial charge in [0.05, 0.1) is 20.3 Å². The Kier molecular flexibility index (Phi) is 13.0. The number of esters is 1. The Labute approximate surface area is 310 Å². The number of rotatable bonds is 15. The van der Waals surface area contributed by atoms with Gasteiger partial charge < -0.3 is 29.3 Å². The van der Waals surface area contributed by atoms with Crippen LogP contribution in [0.3, 0.4) is 0 Å². The van der Waals surface area contributed by atoms with Crippen LogP contribution in [0.25, 0.3) is 0 Å². The molecular formula is C37H42Cl2N3O8S+. The van der Waals surface area contributed by atoms with E-state index in [-0.39, 0.29) is 39.6 Å². The highest BCUT2D eigenvalue weighted by Gasteiger charge is 2.30. The molecule has 0 aliphatic carbocycles. The second-order valence-electron chi connectivity index (χ2n) is 12.5. The van der Waals surface area contributed by atoms with Crippen LogP contribution in [-0.2, 0) is 22.5 Å². The summed E-state index contributed by atoms with van der Waals surface area (Å²) in [5.41, 5.74) is 2.26. The number of nitrogens with one attached hydrogen (secondary N) is 1. The molecule has 4 aromatic rings. The SMILES string of the molecule is CCOc1cc(C(Cc2c(Cl)c[n+](O)cc2Cl)c2cc(CNC(C(=O)OCC3CCN(C)CC3)c3cccc(O)c3)sc2C(=O)O)ccc1OC. The molecule has 0 radical (unpaired) electrons. The molecule has 4 N–H and O–H groups in total. The van der Waals surface area contributed by atoms with Crippen LogP contribution >= 0.6 is 34.5 Å². The van der Waals surface area contributed by atoms with E-state index < -0.39 is 23.9 Å². The van der Waals surface area contributed by atoms with Crippen molar-refractivity contribution in [3.05, 3.63) is 103 Å². The second-order valence-corrected chi connectivity index (χ2v) is 14.5. The molecule has 1 saturated heterocycles. The Morgan fingerprint density at radius 3 is 2.43 bits per heavy atom. The van der Waals surface area contributed by atoms with Gasteiger partial charge in [0.1, 0.15) is 26.7 Å². The standard InChI is InChI=1S/C37H41Cl2N3O8S/c1-4-49-33-15-23(8-9-32(33)48-3)27(17-29-30(38)19-42(47)20-31(29)39)28-16-26(51-35(28)36(44)45)18-40-34(24-6-5-7-25(43)14-24)37(46)50-21-22-10-12-41(2)13-11-22/h5-9,14-16,19-20,22,27,34,40H,4,10-13,17-18,21H2,1-3H3,(H2-,43,44,45,47)/p+1. The average Bonchev–Trinajstić information content (AvgIpc) is 3.52. The van der Waals surface area contributed by atoms with Gasteiger partial charge in [-0.15, -0.1) is 11.3 Å². The predicted molar refractivity (Wildman–Crippen MR) is 194 cm³/mol. The van der Waals surface area contributed by atoms with Crippen molar-refractivity contribution in [2.24, 2.45) is 5.92 Å². The number of nitrogens with zero attached hydrogens (tertiary/aromatic N) is 2. The van der Waals surface area contributed by atoms with Crippen molar-refractivity contribution in [1.82, 2.24) is 10.2 Å². The van der Waals surface area contributed by atoms with E-state index in [2.05, 4.69) is 17.3 Å². The molecule has 5 rings (SSSR count). The summed E-state index contributed by atoms with van der Waals surface area (Å²) in [6.07, 6.45) is 4.69. The maximum absolute atomic E-state index is 13.6. The lowest BCUT2D eigenvalue weighted by atomic mass is 9.85. The Morgan fingerprint density at radius 2 is 1.78 bits per heavy atom. The van der Waals surface area contributed by atoms with E-state index in [1.54, 1.807) is 24.3 Å². The largest absolute Gasteiger partial charge is 0.508 e. The third-order valence-corrected chi connectivity index (χ3v) is 10.8. The molecule has 0 saturated carbocycles. The Bertz CT molecular complexity index is 1820. The first-order chi connectivity index (χ1) is 24.5. The molecule has 2 aromatic carbocycles. The number of hydrogen-bond donors (Lipinski definition) is 4. The molecule has 2 aromatic heterocycles. The molecule has 11 nitrogen and oxygen atoms in total. The number of methoxy groups -OCH3 is 1. The smallest absolute Gasteiger partial charge is 0.346 e. The van der Waals surface area contributed by atoms with Gasteiger partial charge in [-0.25, -0.2) is 9.59 Å². The first-order valence-electron chi connectivity index (χ1n) is 16.6. The molecule has 0 spiro atoms. The molecule has 3 heterocycles. The van der Waals surface area contributed by atoms with Gasteiger partial charge in [-0.1, -0.05) is 41.4 Å². The average molecular weight is 760 g/mol. The molecule has 2 unspecified atom stereocenters. The molecule has 14 heteroatoms. The first-order valence-corrected chi connectivity index (χ1v) is 18.2. The van der Waals surface area contributed by atoms with Gasteiger partial charge in [0, 0.05) is 27.6 Å². The molecule has 1 aliphatic rings. The molecule has 51 heavy (non-hydrogen) atoms. The number of aromatic hydroxyl groups is 1. The number of thiophene rings is 1. The van der Waals surface area contributed by atoms with Crippen LogP contribution in [-0.4, -0.2) is 72.7 Å². The van der Waals surface area contributed by atoms with Gasteiger partial charge >= 0.3 is 11.9 Å². The van der Waals surface area contributed by atoms with Gasteiger partial charge in [-0.3, -0.25) is 10.5 Å². The quantitative estimate of drug-likeness (QED) is 0.0605. The van der Waals surface area contributed by atoms with Gasteiger partial charge in [0.2, 0.25) is 12.4 Å². The van der Waals surface area contributed by atoms with Crippen molar-refractivity contribution in [2.75, 3.05) is 40.5 Å². The maximum atomic E-state index is 13.6. The second kappa shape index (κ2) is 17.4. The zero-order valence-electron chi connectivity index (χ0n) is 28.6. The van der Waals surface area contributed by atoms with Crippen molar-refractivity contribution in [3.8, 4) is 17.2 Å². The highest BCUT2D eigenvalue weighted by atomic mass is 35.5. The van der Waals surface area contributed by atoms with Crippen molar-refractivity contribution in [3.63, 3.8) is 0 Å². The van der Waals surface area contributed by atoms with E-state index in [0.29, 0.717) is 46.3 Å². The molecule has 272 valence electrons. The highest BCUT2D eigenvalue weighted by Crippen LogP contribution is 2.41. The minimum absolute atomic E-state index is 0.00713. The number of pyridine rings is 1. The minimum atomic E-state index is -1.12. The number of hydrogen-bond acceptors (Lipinski definition) is 10. The number of phenols is 1. The fourth-order valence-corrected chi connectivity index (χ4v) is 7.87. The van der Waals surface area contributed by atoms with Crippen molar-refractivity contribution in [2.45, 2.75) is 44.7 Å². The Morgan fingerprint density at radius 1 is 1.06 bits per heavy atom. The van der Waals surface area contributed by atoms with E-state index in [9.17, 15) is 25.0 Å². The lowest BCUT2D eigenvalue weighted by Gasteiger charge is -2.29. The highest BCUT2D eigenvalue weighted by molar-refractivity contribution is 7.14. The van der Waals surface area contributed by atoms with Crippen LogP contribution in [0.4, 0.5) is 0 Å². The zero-order valence-corrected chi connectivity index (χ0v) is 30.9. The lowest BCUT2D eigenvalue weighted by molar-refractivity contribution is -0.904. The van der Waals surface area contributed by atoms with Gasteiger partial charge in [-0.05, 0) is 99.3 Å².